The Morgan fingerprint density at radius 1 is 1.04 bits per heavy atom. The standard InChI is InChI=1S/C19H13N3O3S2/c23-17(13-10-26-18(20-13)11-4-2-1-3-5-11)22-19-21-12-8-14-15(9-16(12)27-19)25-7-6-24-14/h1-5,8-10H,6-7H2,(H,21,22,23). The SMILES string of the molecule is O=C(Nc1nc2cc3c(cc2s1)OCCO3)c1csc(-c2ccccc2)n1. The number of nitrogens with one attached hydrogen (secondary N) is 1. The second-order valence-corrected chi connectivity index (χ2v) is 7.73. The van der Waals surface area contributed by atoms with E-state index in [2.05, 4.69) is 15.3 Å². The van der Waals surface area contributed by atoms with Gasteiger partial charge in [0.2, 0.25) is 0 Å². The van der Waals surface area contributed by atoms with Gasteiger partial charge in [-0.3, -0.25) is 10.1 Å². The minimum absolute atomic E-state index is 0.273. The summed E-state index contributed by atoms with van der Waals surface area (Å²) in [6, 6.07) is 13.5. The van der Waals surface area contributed by atoms with E-state index in [0.717, 1.165) is 20.8 Å². The summed E-state index contributed by atoms with van der Waals surface area (Å²) >= 11 is 2.83. The van der Waals surface area contributed by atoms with E-state index in [1.54, 1.807) is 5.38 Å². The molecule has 1 amide bonds. The molecule has 0 spiro atoms. The third-order valence-corrected chi connectivity index (χ3v) is 5.86. The molecule has 0 fully saturated rings. The molecule has 2 aromatic heterocycles. The van der Waals surface area contributed by atoms with Gasteiger partial charge in [0.1, 0.15) is 23.9 Å². The summed E-state index contributed by atoms with van der Waals surface area (Å²) in [5.74, 6) is 1.12. The van der Waals surface area contributed by atoms with Gasteiger partial charge >= 0.3 is 0 Å². The first-order valence-electron chi connectivity index (χ1n) is 8.29. The molecule has 8 heteroatoms. The number of rotatable bonds is 3. The summed E-state index contributed by atoms with van der Waals surface area (Å²) in [5.41, 5.74) is 2.14. The first kappa shape index (κ1) is 16.2. The quantitative estimate of drug-likeness (QED) is 0.555. The number of thiazole rings is 2. The molecule has 0 atom stereocenters. The molecule has 0 aliphatic carbocycles. The van der Waals surface area contributed by atoms with E-state index in [4.69, 9.17) is 9.47 Å². The fourth-order valence-corrected chi connectivity index (χ4v) is 4.45. The van der Waals surface area contributed by atoms with Crippen molar-refractivity contribution in [1.29, 1.82) is 0 Å². The molecule has 4 aromatic rings. The molecule has 5 rings (SSSR count). The van der Waals surface area contributed by atoms with Crippen LogP contribution in [0.3, 0.4) is 0 Å². The molecule has 2 aromatic carbocycles. The predicted molar refractivity (Wildman–Crippen MR) is 106 cm³/mol. The van der Waals surface area contributed by atoms with Gasteiger partial charge in [0.25, 0.3) is 5.91 Å². The van der Waals surface area contributed by atoms with Gasteiger partial charge in [0.05, 0.1) is 10.2 Å². The van der Waals surface area contributed by atoms with Crippen LogP contribution in [-0.4, -0.2) is 29.1 Å². The van der Waals surface area contributed by atoms with Gasteiger partial charge in [-0.25, -0.2) is 9.97 Å². The Morgan fingerprint density at radius 2 is 1.81 bits per heavy atom. The summed E-state index contributed by atoms with van der Waals surface area (Å²) in [7, 11) is 0. The van der Waals surface area contributed by atoms with Gasteiger partial charge in [-0.05, 0) is 0 Å². The molecule has 0 bridgehead atoms. The topological polar surface area (TPSA) is 73.3 Å². The Balaban J connectivity index is 1.38. The van der Waals surface area contributed by atoms with Gasteiger partial charge in [-0.2, -0.15) is 0 Å². The molecule has 1 N–H and O–H groups in total. The van der Waals surface area contributed by atoms with Crippen molar-refractivity contribution < 1.29 is 14.3 Å². The number of nitrogens with zero attached hydrogens (tertiary/aromatic N) is 2. The van der Waals surface area contributed by atoms with Crippen LogP contribution in [-0.2, 0) is 0 Å². The molecule has 0 saturated carbocycles. The normalized spacial score (nSPS) is 12.9. The average Bonchev–Trinajstić information content (AvgIpc) is 3.33. The number of anilines is 1. The van der Waals surface area contributed by atoms with Crippen molar-refractivity contribution in [2.75, 3.05) is 18.5 Å². The van der Waals surface area contributed by atoms with Crippen LogP contribution in [0, 0.1) is 0 Å². The van der Waals surface area contributed by atoms with Gasteiger partial charge in [0.15, 0.2) is 16.6 Å². The maximum absolute atomic E-state index is 12.5. The minimum atomic E-state index is -0.273. The molecule has 27 heavy (non-hydrogen) atoms. The van der Waals surface area contributed by atoms with Crippen LogP contribution in [0.2, 0.25) is 0 Å². The third kappa shape index (κ3) is 3.13. The predicted octanol–water partition coefficient (Wildman–Crippen LogP) is 4.44. The largest absolute Gasteiger partial charge is 0.486 e. The van der Waals surface area contributed by atoms with Crippen LogP contribution in [0.15, 0.2) is 47.8 Å². The zero-order valence-electron chi connectivity index (χ0n) is 14.0. The summed E-state index contributed by atoms with van der Waals surface area (Å²) < 4.78 is 12.1. The maximum Gasteiger partial charge on any atom is 0.276 e. The monoisotopic (exact) mass is 395 g/mol. The van der Waals surface area contributed by atoms with Crippen molar-refractivity contribution in [3.63, 3.8) is 0 Å². The zero-order chi connectivity index (χ0) is 18.2. The Bertz CT molecular complexity index is 1090. The zero-order valence-corrected chi connectivity index (χ0v) is 15.6. The lowest BCUT2D eigenvalue weighted by Crippen LogP contribution is -2.15. The molecule has 0 saturated heterocycles. The van der Waals surface area contributed by atoms with Gasteiger partial charge in [-0.1, -0.05) is 41.7 Å². The molecule has 1 aliphatic heterocycles. The van der Waals surface area contributed by atoms with Crippen molar-refractivity contribution in [3.8, 4) is 22.1 Å². The van der Waals surface area contributed by atoms with E-state index in [-0.39, 0.29) is 5.91 Å². The van der Waals surface area contributed by atoms with Crippen molar-refractivity contribution in [2.45, 2.75) is 0 Å². The van der Waals surface area contributed by atoms with Gasteiger partial charge < -0.3 is 9.47 Å². The minimum Gasteiger partial charge on any atom is -0.486 e. The fraction of sp³-hybridized carbons (Fsp3) is 0.105. The smallest absolute Gasteiger partial charge is 0.276 e. The van der Waals surface area contributed by atoms with E-state index in [1.807, 2.05) is 42.5 Å². The maximum atomic E-state index is 12.5. The molecule has 3 heterocycles. The van der Waals surface area contributed by atoms with Crippen molar-refractivity contribution in [3.05, 3.63) is 53.5 Å². The number of aromatic nitrogens is 2. The van der Waals surface area contributed by atoms with E-state index in [9.17, 15) is 4.79 Å². The van der Waals surface area contributed by atoms with Crippen LogP contribution >= 0.6 is 22.7 Å². The van der Waals surface area contributed by atoms with Crippen molar-refractivity contribution >= 4 is 43.9 Å². The summed E-state index contributed by atoms with van der Waals surface area (Å²) in [4.78, 5) is 21.5. The summed E-state index contributed by atoms with van der Waals surface area (Å²) in [6.07, 6.45) is 0. The summed E-state index contributed by atoms with van der Waals surface area (Å²) in [5, 5.41) is 5.92. The van der Waals surface area contributed by atoms with Crippen molar-refractivity contribution in [2.24, 2.45) is 0 Å². The van der Waals surface area contributed by atoms with Crippen LogP contribution in [0.4, 0.5) is 5.13 Å². The first-order valence-corrected chi connectivity index (χ1v) is 9.98. The highest BCUT2D eigenvalue weighted by Crippen LogP contribution is 2.38. The Kier molecular flexibility index (Phi) is 3.99. The number of carbonyl (C=O) groups excluding carboxylic acids is 1. The Hall–Kier alpha value is -2.97. The highest BCUT2D eigenvalue weighted by atomic mass is 32.1. The molecular formula is C19H13N3O3S2. The number of ether oxygens (including phenoxy) is 2. The lowest BCUT2D eigenvalue weighted by Gasteiger charge is -2.17. The van der Waals surface area contributed by atoms with E-state index >= 15 is 0 Å². The van der Waals surface area contributed by atoms with Gasteiger partial charge in [-0.15, -0.1) is 11.3 Å². The van der Waals surface area contributed by atoms with Gasteiger partial charge in [0, 0.05) is 23.1 Å². The number of hydrogen-bond donors (Lipinski definition) is 1. The van der Waals surface area contributed by atoms with Crippen LogP contribution < -0.4 is 14.8 Å². The van der Waals surface area contributed by atoms with Crippen LogP contribution in [0.5, 0.6) is 11.5 Å². The molecule has 0 unspecified atom stereocenters. The average molecular weight is 395 g/mol. The molecular weight excluding hydrogens is 382 g/mol. The fourth-order valence-electron chi connectivity index (χ4n) is 2.77. The second-order valence-electron chi connectivity index (χ2n) is 5.84. The Labute approximate surface area is 162 Å². The molecule has 0 radical (unpaired) electrons. The van der Waals surface area contributed by atoms with Crippen molar-refractivity contribution in [1.82, 2.24) is 9.97 Å². The number of carbonyl (C=O) groups is 1. The lowest BCUT2D eigenvalue weighted by atomic mass is 10.2. The number of amides is 1. The number of fused-ring (bicyclic) bond motifs is 2. The molecule has 6 nitrogen and oxygen atoms in total. The van der Waals surface area contributed by atoms with Crippen LogP contribution in [0.1, 0.15) is 10.5 Å². The second kappa shape index (κ2) is 6.64. The van der Waals surface area contributed by atoms with E-state index in [0.29, 0.717) is 35.5 Å². The first-order chi connectivity index (χ1) is 13.3. The van der Waals surface area contributed by atoms with Crippen LogP contribution in [0.25, 0.3) is 20.8 Å². The van der Waals surface area contributed by atoms with E-state index in [1.165, 1.54) is 22.7 Å². The molecule has 134 valence electrons. The number of hydrogen-bond acceptors (Lipinski definition) is 7. The highest BCUT2D eigenvalue weighted by molar-refractivity contribution is 7.22. The van der Waals surface area contributed by atoms with E-state index < -0.39 is 0 Å². The third-order valence-electron chi connectivity index (χ3n) is 4.03. The summed E-state index contributed by atoms with van der Waals surface area (Å²) in [6.45, 7) is 1.06. The Morgan fingerprint density at radius 3 is 2.63 bits per heavy atom. The molecule has 1 aliphatic rings. The lowest BCUT2D eigenvalue weighted by molar-refractivity contribution is 0.102. The highest BCUT2D eigenvalue weighted by Gasteiger charge is 2.17. The number of benzene rings is 2.